The molecule has 8 unspecified atom stereocenters. The van der Waals surface area contributed by atoms with Gasteiger partial charge in [-0.1, -0.05) is 30.7 Å². The monoisotopic (exact) mass is 624 g/mol. The summed E-state index contributed by atoms with van der Waals surface area (Å²) in [6.07, 6.45) is 12.2. The summed E-state index contributed by atoms with van der Waals surface area (Å²) in [6.45, 7) is 9.88. The van der Waals surface area contributed by atoms with Gasteiger partial charge in [-0.25, -0.2) is 8.42 Å². The van der Waals surface area contributed by atoms with Crippen LogP contribution in [-0.4, -0.2) is 93.5 Å². The van der Waals surface area contributed by atoms with E-state index in [1.54, 1.807) is 13.0 Å². The summed E-state index contributed by atoms with van der Waals surface area (Å²) in [5, 5.41) is 5.67. The van der Waals surface area contributed by atoms with Gasteiger partial charge in [-0.15, -0.1) is 0 Å². The Bertz CT molecular complexity index is 1190. The highest BCUT2D eigenvalue weighted by molar-refractivity contribution is 7.90. The Hall–Kier alpha value is -2.54. The minimum absolute atomic E-state index is 0.0192. The average Bonchev–Trinajstić information content (AvgIpc) is 3.63. The van der Waals surface area contributed by atoms with Crippen molar-refractivity contribution in [3.05, 3.63) is 36.0 Å². The van der Waals surface area contributed by atoms with Gasteiger partial charge in [0.2, 0.25) is 11.8 Å². The van der Waals surface area contributed by atoms with Crippen molar-refractivity contribution in [1.29, 1.82) is 0 Å². The fraction of sp³-hybridized carbons (Fsp3) is 0.710. The van der Waals surface area contributed by atoms with Gasteiger partial charge >= 0.3 is 5.97 Å². The zero-order chi connectivity index (χ0) is 31.8. The van der Waals surface area contributed by atoms with Gasteiger partial charge in [-0.2, -0.15) is 0 Å². The van der Waals surface area contributed by atoms with E-state index in [9.17, 15) is 22.8 Å². The first-order chi connectivity index (χ1) is 20.1. The van der Waals surface area contributed by atoms with Crippen molar-refractivity contribution in [3.8, 4) is 0 Å². The summed E-state index contributed by atoms with van der Waals surface area (Å²) in [5.74, 6) is -0.730. The van der Waals surface area contributed by atoms with Crippen LogP contribution in [0.3, 0.4) is 0 Å². The predicted octanol–water partition coefficient (Wildman–Crippen LogP) is 2.55. The lowest BCUT2D eigenvalue weighted by Gasteiger charge is -2.39. The van der Waals surface area contributed by atoms with Crippen LogP contribution in [0.4, 0.5) is 0 Å². The first-order valence-electron chi connectivity index (χ1n) is 15.0. The molecule has 43 heavy (non-hydrogen) atoms. The Morgan fingerprint density at radius 3 is 2.49 bits per heavy atom. The van der Waals surface area contributed by atoms with Crippen molar-refractivity contribution in [2.45, 2.75) is 109 Å². The molecular formula is C31H48N2O9S. The highest BCUT2D eigenvalue weighted by Crippen LogP contribution is 2.43. The minimum Gasteiger partial charge on any atom is -0.459 e. The highest BCUT2D eigenvalue weighted by Gasteiger charge is 2.51. The van der Waals surface area contributed by atoms with E-state index in [1.807, 2.05) is 26.0 Å². The Labute approximate surface area is 255 Å². The number of amides is 2. The summed E-state index contributed by atoms with van der Waals surface area (Å²) in [4.78, 5) is 35.7. The second-order valence-corrected chi connectivity index (χ2v) is 14.5. The van der Waals surface area contributed by atoms with Crippen LogP contribution >= 0.6 is 0 Å². The normalized spacial score (nSPS) is 32.1. The zero-order valence-corrected chi connectivity index (χ0v) is 27.0. The summed E-state index contributed by atoms with van der Waals surface area (Å²) in [5.41, 5.74) is 0.827. The number of nitrogens with one attached hydrogen (secondary N) is 2. The molecule has 3 rings (SSSR count). The maximum Gasteiger partial charge on any atom is 0.303 e. The van der Waals surface area contributed by atoms with E-state index in [2.05, 4.69) is 23.6 Å². The summed E-state index contributed by atoms with van der Waals surface area (Å²) in [7, 11) is -3.14. The molecule has 8 atom stereocenters. The van der Waals surface area contributed by atoms with Crippen molar-refractivity contribution in [2.75, 3.05) is 25.2 Å². The number of carbonyl (C=O) groups excluding carboxylic acids is 3. The van der Waals surface area contributed by atoms with Gasteiger partial charge < -0.3 is 29.6 Å². The Morgan fingerprint density at radius 2 is 1.84 bits per heavy atom. The molecule has 2 amide bonds. The predicted molar refractivity (Wildman–Crippen MR) is 162 cm³/mol. The molecule has 1 spiro atoms. The van der Waals surface area contributed by atoms with Gasteiger partial charge in [0.1, 0.15) is 15.9 Å². The van der Waals surface area contributed by atoms with Crippen LogP contribution in [-0.2, 0) is 43.2 Å². The average molecular weight is 625 g/mol. The van der Waals surface area contributed by atoms with Crippen LogP contribution in [0.25, 0.3) is 0 Å². The van der Waals surface area contributed by atoms with Crippen molar-refractivity contribution in [2.24, 2.45) is 5.92 Å². The maximum atomic E-state index is 12.4. The number of esters is 1. The Morgan fingerprint density at radius 1 is 1.12 bits per heavy atom. The van der Waals surface area contributed by atoms with Gasteiger partial charge in [0.15, 0.2) is 0 Å². The molecular weight excluding hydrogens is 576 g/mol. The number of ether oxygens (including phenoxy) is 4. The standard InChI is InChI=1S/C31H48N2O9S/c1-20(7-10-25-17-31(19-39-31)18-26(42-25)16-30(36)32-13-14-43(6,37)38)8-11-28-21(2)15-27(23(4)41-28)33-29(35)12-9-22(3)40-24(5)34/h7-10,12,21-23,25-28H,11,13-19H2,1-6H3,(H,32,36)(H,33,35). The lowest BCUT2D eigenvalue weighted by molar-refractivity contribution is -0.143. The molecule has 3 aliphatic heterocycles. The first-order valence-corrected chi connectivity index (χ1v) is 17.1. The molecule has 0 aromatic carbocycles. The third kappa shape index (κ3) is 12.5. The SMILES string of the molecule is CC(=O)OC(C)C=CC(=O)NC1CC(C)C(CC=C(C)C=CC2CC3(CO3)CC(CC(=O)NCCS(C)(=O)=O)O2)OC1C. The van der Waals surface area contributed by atoms with Crippen molar-refractivity contribution in [1.82, 2.24) is 10.6 Å². The molecule has 2 N–H and O–H groups in total. The lowest BCUT2D eigenvalue weighted by Crippen LogP contribution is -2.50. The van der Waals surface area contributed by atoms with Gasteiger partial charge in [0.05, 0.1) is 54.8 Å². The highest BCUT2D eigenvalue weighted by atomic mass is 32.2. The third-order valence-corrected chi connectivity index (χ3v) is 8.91. The summed E-state index contributed by atoms with van der Waals surface area (Å²) < 4.78 is 45.8. The molecule has 3 aliphatic rings. The van der Waals surface area contributed by atoms with Gasteiger partial charge in [-0.3, -0.25) is 14.4 Å². The van der Waals surface area contributed by atoms with E-state index in [0.717, 1.165) is 31.1 Å². The number of hydrogen-bond donors (Lipinski definition) is 2. The van der Waals surface area contributed by atoms with Gasteiger partial charge in [0.25, 0.3) is 0 Å². The second kappa shape index (κ2) is 15.5. The molecule has 3 saturated heterocycles. The Balaban J connectivity index is 1.46. The lowest BCUT2D eigenvalue weighted by atomic mass is 9.88. The summed E-state index contributed by atoms with van der Waals surface area (Å²) >= 11 is 0. The molecule has 0 aromatic rings. The van der Waals surface area contributed by atoms with Crippen LogP contribution < -0.4 is 10.6 Å². The molecule has 0 radical (unpaired) electrons. The van der Waals surface area contributed by atoms with Crippen molar-refractivity contribution < 1.29 is 41.7 Å². The van der Waals surface area contributed by atoms with E-state index in [0.29, 0.717) is 13.0 Å². The topological polar surface area (TPSA) is 150 Å². The molecule has 242 valence electrons. The third-order valence-electron chi connectivity index (χ3n) is 7.96. The fourth-order valence-corrected chi connectivity index (χ4v) is 6.00. The summed E-state index contributed by atoms with van der Waals surface area (Å²) in [6, 6.07) is -0.118. The second-order valence-electron chi connectivity index (χ2n) is 12.3. The van der Waals surface area contributed by atoms with Crippen molar-refractivity contribution >= 4 is 27.6 Å². The van der Waals surface area contributed by atoms with Gasteiger partial charge in [0, 0.05) is 38.6 Å². The van der Waals surface area contributed by atoms with E-state index >= 15 is 0 Å². The molecule has 3 fully saturated rings. The van der Waals surface area contributed by atoms with Crippen molar-refractivity contribution in [3.63, 3.8) is 0 Å². The largest absolute Gasteiger partial charge is 0.459 e. The number of sulfone groups is 1. The first kappa shape index (κ1) is 34.9. The number of epoxide rings is 1. The van der Waals surface area contributed by atoms with Crippen LogP contribution in [0.5, 0.6) is 0 Å². The number of allylic oxidation sites excluding steroid dienone is 2. The van der Waals surface area contributed by atoms with Gasteiger partial charge in [-0.05, 0) is 45.6 Å². The van der Waals surface area contributed by atoms with E-state index in [1.165, 1.54) is 13.0 Å². The van der Waals surface area contributed by atoms with Crippen LogP contribution in [0, 0.1) is 5.92 Å². The molecule has 0 bridgehead atoms. The molecule has 12 heteroatoms. The van der Waals surface area contributed by atoms with Crippen LogP contribution in [0.1, 0.15) is 66.7 Å². The molecule has 0 aromatic heterocycles. The zero-order valence-electron chi connectivity index (χ0n) is 26.2. The van der Waals surface area contributed by atoms with E-state index < -0.39 is 21.9 Å². The van der Waals surface area contributed by atoms with E-state index in [4.69, 9.17) is 18.9 Å². The number of hydrogen-bond acceptors (Lipinski definition) is 9. The minimum atomic E-state index is -3.14. The smallest absolute Gasteiger partial charge is 0.303 e. The molecule has 11 nitrogen and oxygen atoms in total. The quantitative estimate of drug-likeness (QED) is 0.136. The number of carbonyl (C=O) groups is 3. The molecule has 3 heterocycles. The fourth-order valence-electron chi connectivity index (χ4n) is 5.53. The maximum absolute atomic E-state index is 12.4. The Kier molecular flexibility index (Phi) is 12.6. The van der Waals surface area contributed by atoms with E-state index in [-0.39, 0.29) is 72.5 Å². The number of rotatable bonds is 13. The molecule has 0 saturated carbocycles. The van der Waals surface area contributed by atoms with Crippen LogP contribution in [0.2, 0.25) is 0 Å². The van der Waals surface area contributed by atoms with Crippen LogP contribution in [0.15, 0.2) is 36.0 Å². The molecule has 0 aliphatic carbocycles.